The Morgan fingerprint density at radius 2 is 1.71 bits per heavy atom. The minimum atomic E-state index is -3.97. The molecular formula is C23H23ClN2O4S. The lowest BCUT2D eigenvalue weighted by molar-refractivity contribution is 0.0935. The van der Waals surface area contributed by atoms with Crippen LogP contribution in [-0.2, 0) is 10.0 Å². The van der Waals surface area contributed by atoms with E-state index >= 15 is 0 Å². The van der Waals surface area contributed by atoms with Crippen LogP contribution in [0.25, 0.3) is 0 Å². The molecule has 2 N–H and O–H groups in total. The Labute approximate surface area is 187 Å². The zero-order valence-electron chi connectivity index (χ0n) is 17.1. The fourth-order valence-corrected chi connectivity index (χ4v) is 4.65. The number of hydrogen-bond acceptors (Lipinski definition) is 4. The second kappa shape index (κ2) is 9.85. The zero-order valence-corrected chi connectivity index (χ0v) is 18.7. The van der Waals surface area contributed by atoms with Crippen LogP contribution in [0.4, 0.5) is 5.69 Å². The number of sulfonamides is 1. The average Bonchev–Trinajstić information content (AvgIpc) is 2.78. The van der Waals surface area contributed by atoms with Gasteiger partial charge in [-0.05, 0) is 54.4 Å². The maximum atomic E-state index is 12.9. The van der Waals surface area contributed by atoms with Crippen molar-refractivity contribution in [1.82, 2.24) is 5.32 Å². The van der Waals surface area contributed by atoms with Crippen LogP contribution >= 0.6 is 11.6 Å². The molecule has 0 spiro atoms. The van der Waals surface area contributed by atoms with E-state index in [1.165, 1.54) is 18.2 Å². The van der Waals surface area contributed by atoms with Gasteiger partial charge in [0.1, 0.15) is 10.6 Å². The van der Waals surface area contributed by atoms with E-state index in [9.17, 15) is 13.2 Å². The van der Waals surface area contributed by atoms with Gasteiger partial charge in [0.2, 0.25) is 0 Å². The van der Waals surface area contributed by atoms with Crippen molar-refractivity contribution in [3.63, 3.8) is 0 Å². The summed E-state index contributed by atoms with van der Waals surface area (Å²) in [6.45, 7) is 1.96. The van der Waals surface area contributed by atoms with Crippen molar-refractivity contribution in [2.75, 3.05) is 11.8 Å². The third kappa shape index (κ3) is 5.57. The molecule has 31 heavy (non-hydrogen) atoms. The van der Waals surface area contributed by atoms with Crippen LogP contribution in [0.3, 0.4) is 0 Å². The lowest BCUT2D eigenvalue weighted by Crippen LogP contribution is -2.28. The summed E-state index contributed by atoms with van der Waals surface area (Å²) in [6, 6.07) is 19.8. The smallest absolute Gasteiger partial charge is 0.263 e. The highest BCUT2D eigenvalue weighted by atomic mass is 35.5. The monoisotopic (exact) mass is 458 g/mol. The first-order chi connectivity index (χ1) is 14.8. The fourth-order valence-electron chi connectivity index (χ4n) is 3.07. The Morgan fingerprint density at radius 3 is 2.32 bits per heavy atom. The number of ether oxygens (including phenoxy) is 1. The minimum absolute atomic E-state index is 0.0298. The van der Waals surface area contributed by atoms with E-state index in [-0.39, 0.29) is 21.5 Å². The first kappa shape index (κ1) is 22.7. The molecule has 0 heterocycles. The largest absolute Gasteiger partial charge is 0.497 e. The quantitative estimate of drug-likeness (QED) is 0.495. The lowest BCUT2D eigenvalue weighted by Gasteiger charge is -2.18. The molecule has 0 aromatic heterocycles. The number of rotatable bonds is 8. The highest BCUT2D eigenvalue weighted by Gasteiger charge is 2.21. The first-order valence-corrected chi connectivity index (χ1v) is 11.5. The lowest BCUT2D eigenvalue weighted by atomic mass is 10.0. The number of para-hydroxylation sites is 1. The van der Waals surface area contributed by atoms with Crippen LogP contribution in [0.5, 0.6) is 5.75 Å². The Bertz CT molecular complexity index is 1150. The second-order valence-electron chi connectivity index (χ2n) is 6.82. The molecule has 6 nitrogen and oxygen atoms in total. The van der Waals surface area contributed by atoms with Crippen molar-refractivity contribution in [1.29, 1.82) is 0 Å². The standard InChI is InChI=1S/C23H23ClN2O4S/c1-3-21(16-9-12-19(30-2)13-10-16)25-23(27)17-11-14-20(24)22(15-17)31(28,29)26-18-7-5-4-6-8-18/h4-15,21,26H,3H2,1-2H3,(H,25,27)/t21-/m1/s1. The summed E-state index contributed by atoms with van der Waals surface area (Å²) in [5, 5.41) is 2.98. The average molecular weight is 459 g/mol. The summed E-state index contributed by atoms with van der Waals surface area (Å²) in [5.41, 5.74) is 1.52. The Morgan fingerprint density at radius 1 is 1.03 bits per heavy atom. The van der Waals surface area contributed by atoms with Crippen LogP contribution in [0.15, 0.2) is 77.7 Å². The maximum absolute atomic E-state index is 12.9. The van der Waals surface area contributed by atoms with Crippen molar-refractivity contribution in [3.8, 4) is 5.75 Å². The number of hydrogen-bond donors (Lipinski definition) is 2. The van der Waals surface area contributed by atoms with Crippen molar-refractivity contribution >= 4 is 33.2 Å². The molecule has 0 aliphatic carbocycles. The molecule has 1 amide bonds. The van der Waals surface area contributed by atoms with E-state index < -0.39 is 15.9 Å². The summed E-state index contributed by atoms with van der Waals surface area (Å²) in [4.78, 5) is 12.7. The van der Waals surface area contributed by atoms with Crippen molar-refractivity contribution in [3.05, 3.63) is 88.9 Å². The number of methoxy groups -OCH3 is 1. The fraction of sp³-hybridized carbons (Fsp3) is 0.174. The van der Waals surface area contributed by atoms with Crippen LogP contribution in [-0.4, -0.2) is 21.4 Å². The van der Waals surface area contributed by atoms with E-state index in [1.807, 2.05) is 31.2 Å². The van der Waals surface area contributed by atoms with Crippen LogP contribution in [0.2, 0.25) is 5.02 Å². The van der Waals surface area contributed by atoms with Gasteiger partial charge in [0.15, 0.2) is 0 Å². The van der Waals surface area contributed by atoms with Crippen molar-refractivity contribution in [2.24, 2.45) is 0 Å². The molecule has 0 aliphatic heterocycles. The molecule has 3 aromatic rings. The van der Waals surface area contributed by atoms with Gasteiger partial charge < -0.3 is 10.1 Å². The second-order valence-corrected chi connectivity index (χ2v) is 8.88. The normalized spacial score (nSPS) is 12.1. The van der Waals surface area contributed by atoms with Crippen LogP contribution < -0.4 is 14.8 Å². The third-order valence-electron chi connectivity index (χ3n) is 4.74. The van der Waals surface area contributed by atoms with Gasteiger partial charge in [0.25, 0.3) is 15.9 Å². The summed E-state index contributed by atoms with van der Waals surface area (Å²) < 4.78 is 33.3. The number of carbonyl (C=O) groups is 1. The number of amides is 1. The van der Waals surface area contributed by atoms with Gasteiger partial charge in [0.05, 0.1) is 18.2 Å². The number of nitrogens with one attached hydrogen (secondary N) is 2. The summed E-state index contributed by atoms with van der Waals surface area (Å²) in [6.07, 6.45) is 0.659. The van der Waals surface area contributed by atoms with Gasteiger partial charge in [-0.1, -0.05) is 48.9 Å². The molecule has 8 heteroatoms. The Kier molecular flexibility index (Phi) is 7.20. The molecule has 0 saturated carbocycles. The van der Waals surface area contributed by atoms with E-state index in [4.69, 9.17) is 16.3 Å². The maximum Gasteiger partial charge on any atom is 0.263 e. The van der Waals surface area contributed by atoms with E-state index in [1.54, 1.807) is 37.4 Å². The number of carbonyl (C=O) groups excluding carboxylic acids is 1. The molecule has 3 rings (SSSR count). The molecule has 0 unspecified atom stereocenters. The van der Waals surface area contributed by atoms with E-state index in [0.29, 0.717) is 12.1 Å². The van der Waals surface area contributed by atoms with Gasteiger partial charge in [-0.3, -0.25) is 9.52 Å². The highest BCUT2D eigenvalue weighted by molar-refractivity contribution is 7.92. The molecule has 0 radical (unpaired) electrons. The summed E-state index contributed by atoms with van der Waals surface area (Å²) in [5.74, 6) is 0.332. The first-order valence-electron chi connectivity index (χ1n) is 9.66. The summed E-state index contributed by atoms with van der Waals surface area (Å²) >= 11 is 6.15. The highest BCUT2D eigenvalue weighted by Crippen LogP contribution is 2.26. The topological polar surface area (TPSA) is 84.5 Å². The number of benzene rings is 3. The predicted octanol–water partition coefficient (Wildman–Crippen LogP) is 5.03. The number of halogens is 1. The van der Waals surface area contributed by atoms with Gasteiger partial charge in [-0.25, -0.2) is 8.42 Å². The molecule has 3 aromatic carbocycles. The zero-order chi connectivity index (χ0) is 22.4. The van der Waals surface area contributed by atoms with E-state index in [2.05, 4.69) is 10.0 Å². The van der Waals surface area contributed by atoms with Gasteiger partial charge in [0, 0.05) is 11.3 Å². The molecule has 0 bridgehead atoms. The van der Waals surface area contributed by atoms with Crippen molar-refractivity contribution in [2.45, 2.75) is 24.3 Å². The Hall–Kier alpha value is -3.03. The van der Waals surface area contributed by atoms with Crippen LogP contribution in [0, 0.1) is 0 Å². The summed E-state index contributed by atoms with van der Waals surface area (Å²) in [7, 11) is -2.38. The van der Waals surface area contributed by atoms with Gasteiger partial charge >= 0.3 is 0 Å². The van der Waals surface area contributed by atoms with Crippen LogP contribution in [0.1, 0.15) is 35.3 Å². The molecule has 162 valence electrons. The predicted molar refractivity (Wildman–Crippen MR) is 122 cm³/mol. The molecular weight excluding hydrogens is 436 g/mol. The molecule has 1 atom stereocenters. The molecule has 0 fully saturated rings. The van der Waals surface area contributed by atoms with Crippen molar-refractivity contribution < 1.29 is 17.9 Å². The SMILES string of the molecule is CC[C@@H](NC(=O)c1ccc(Cl)c(S(=O)(=O)Nc2ccccc2)c1)c1ccc(OC)cc1. The Balaban J connectivity index is 1.83. The molecule has 0 saturated heterocycles. The minimum Gasteiger partial charge on any atom is -0.497 e. The van der Waals surface area contributed by atoms with E-state index in [0.717, 1.165) is 11.3 Å². The third-order valence-corrected chi connectivity index (χ3v) is 6.60. The molecule has 0 aliphatic rings. The van der Waals surface area contributed by atoms with Gasteiger partial charge in [-0.2, -0.15) is 0 Å². The van der Waals surface area contributed by atoms with Gasteiger partial charge in [-0.15, -0.1) is 0 Å². The number of anilines is 1.